The second kappa shape index (κ2) is 10.9. The van der Waals surface area contributed by atoms with Gasteiger partial charge in [-0.25, -0.2) is 0 Å². The molecule has 8 rings (SSSR count). The smallest absolute Gasteiger partial charge is 0.318 e. The van der Waals surface area contributed by atoms with E-state index < -0.39 is 0 Å². The number of fused-ring (bicyclic) bond motifs is 5. The molecule has 216 valence electrons. The number of nitrogens with zero attached hydrogens (tertiary/aromatic N) is 5. The van der Waals surface area contributed by atoms with Gasteiger partial charge in [-0.15, -0.1) is 0 Å². The highest BCUT2D eigenvalue weighted by Crippen LogP contribution is 2.38. The Bertz CT molecular complexity index is 1420. The molecule has 8 heteroatoms. The van der Waals surface area contributed by atoms with Crippen LogP contribution in [0.1, 0.15) is 56.2 Å². The quantitative estimate of drug-likeness (QED) is 0.437. The first kappa shape index (κ1) is 26.1. The van der Waals surface area contributed by atoms with E-state index in [4.69, 9.17) is 26.3 Å². The van der Waals surface area contributed by atoms with Crippen molar-refractivity contribution in [1.29, 1.82) is 0 Å². The third-order valence-electron chi connectivity index (χ3n) is 10.3. The average molecular weight is 573 g/mol. The molecule has 4 saturated heterocycles. The summed E-state index contributed by atoms with van der Waals surface area (Å²) in [4.78, 5) is 17.9. The van der Waals surface area contributed by atoms with Gasteiger partial charge in [-0.05, 0) is 69.0 Å². The minimum Gasteiger partial charge on any atom is -0.463 e. The van der Waals surface area contributed by atoms with Crippen molar-refractivity contribution in [2.75, 3.05) is 49.1 Å². The van der Waals surface area contributed by atoms with Crippen LogP contribution in [0.25, 0.3) is 10.8 Å². The molecule has 41 heavy (non-hydrogen) atoms. The average Bonchev–Trinajstić information content (AvgIpc) is 3.36. The van der Waals surface area contributed by atoms with Gasteiger partial charge in [0.25, 0.3) is 0 Å². The molecule has 4 unspecified atom stereocenters. The zero-order valence-electron chi connectivity index (χ0n) is 23.9. The lowest BCUT2D eigenvalue weighted by molar-refractivity contribution is 0.0548. The van der Waals surface area contributed by atoms with Crippen LogP contribution >= 0.6 is 11.6 Å². The first-order valence-corrected chi connectivity index (χ1v) is 16.3. The van der Waals surface area contributed by atoms with Crippen molar-refractivity contribution < 1.29 is 4.74 Å². The van der Waals surface area contributed by atoms with Crippen LogP contribution in [0.4, 0.5) is 11.5 Å². The van der Waals surface area contributed by atoms with Gasteiger partial charge in [0.05, 0.1) is 23.9 Å². The summed E-state index contributed by atoms with van der Waals surface area (Å²) in [7, 11) is 0. The number of hydrogen-bond acceptors (Lipinski definition) is 7. The van der Waals surface area contributed by atoms with E-state index >= 15 is 0 Å². The number of hydrogen-bond donors (Lipinski definition) is 1. The molecule has 3 aromatic rings. The number of anilines is 2. The van der Waals surface area contributed by atoms with Crippen LogP contribution in [0.15, 0.2) is 36.4 Å². The molecule has 4 fully saturated rings. The summed E-state index contributed by atoms with van der Waals surface area (Å²) in [6, 6.07) is 15.1. The number of nitrogens with one attached hydrogen (secondary N) is 1. The maximum absolute atomic E-state index is 6.74. The molecule has 0 saturated carbocycles. The van der Waals surface area contributed by atoms with Crippen LogP contribution in [0.3, 0.4) is 0 Å². The molecule has 0 radical (unpaired) electrons. The summed E-state index contributed by atoms with van der Waals surface area (Å²) in [5.74, 6) is 1.66. The minimum atomic E-state index is 0.553. The summed E-state index contributed by atoms with van der Waals surface area (Å²) in [6.07, 6.45) is 10.1. The lowest BCUT2D eigenvalue weighted by Crippen LogP contribution is -2.52. The zero-order valence-corrected chi connectivity index (χ0v) is 24.7. The number of aromatic nitrogens is 2. The fraction of sp³-hybridized carbons (Fsp3) is 0.576. The highest BCUT2D eigenvalue weighted by Gasteiger charge is 2.36. The van der Waals surface area contributed by atoms with Gasteiger partial charge in [0.1, 0.15) is 5.82 Å². The van der Waals surface area contributed by atoms with E-state index in [1.807, 2.05) is 12.1 Å². The van der Waals surface area contributed by atoms with Gasteiger partial charge in [0.2, 0.25) is 0 Å². The van der Waals surface area contributed by atoms with Crippen molar-refractivity contribution in [3.05, 3.63) is 52.7 Å². The number of rotatable bonds is 5. The monoisotopic (exact) mass is 572 g/mol. The number of piperidine rings is 2. The molecule has 0 amide bonds. The van der Waals surface area contributed by atoms with Crippen molar-refractivity contribution >= 4 is 33.9 Å². The Hall–Kier alpha value is -2.61. The van der Waals surface area contributed by atoms with Crippen molar-refractivity contribution in [3.63, 3.8) is 0 Å². The molecular formula is C33H41ClN6O. The highest BCUT2D eigenvalue weighted by atomic mass is 35.5. The Morgan fingerprint density at radius 1 is 0.878 bits per heavy atom. The van der Waals surface area contributed by atoms with Crippen LogP contribution in [0, 0.1) is 5.92 Å². The molecule has 6 heterocycles. The topological polar surface area (TPSA) is 56.8 Å². The normalized spacial score (nSPS) is 28.0. The Morgan fingerprint density at radius 2 is 1.73 bits per heavy atom. The summed E-state index contributed by atoms with van der Waals surface area (Å²) < 4.78 is 6.49. The summed E-state index contributed by atoms with van der Waals surface area (Å²) >= 11 is 6.74. The standard InChI is InChI=1S/C33H41ClN6O/c34-28-8-3-5-23-6-4-9-30(31(23)28)39-16-14-27-29(20-39)36-33(37-32(27)40-18-24-11-12-25(19-40)35-24)41-21-22-10-13-26-7-1-2-15-38(26)17-22/h3-6,8-9,22,24-26,35H,1-2,7,10-21H2. The van der Waals surface area contributed by atoms with Crippen molar-refractivity contribution in [3.8, 4) is 6.01 Å². The van der Waals surface area contributed by atoms with Gasteiger partial charge in [0, 0.05) is 66.9 Å². The zero-order chi connectivity index (χ0) is 27.3. The maximum atomic E-state index is 6.74. The third-order valence-corrected chi connectivity index (χ3v) is 10.6. The minimum absolute atomic E-state index is 0.553. The molecule has 2 bridgehead atoms. The van der Waals surface area contributed by atoms with E-state index in [9.17, 15) is 0 Å². The summed E-state index contributed by atoms with van der Waals surface area (Å²) in [5.41, 5.74) is 3.58. The van der Waals surface area contributed by atoms with E-state index in [0.717, 1.165) is 67.1 Å². The first-order chi connectivity index (χ1) is 20.2. The molecular weight excluding hydrogens is 532 g/mol. The second-order valence-electron chi connectivity index (χ2n) is 13.0. The number of halogens is 1. The Labute approximate surface area is 248 Å². The van der Waals surface area contributed by atoms with Crippen LogP contribution in [-0.4, -0.2) is 72.3 Å². The largest absolute Gasteiger partial charge is 0.463 e. The molecule has 7 nitrogen and oxygen atoms in total. The lowest BCUT2D eigenvalue weighted by Gasteiger charge is -2.42. The Morgan fingerprint density at radius 3 is 2.61 bits per heavy atom. The van der Waals surface area contributed by atoms with Crippen molar-refractivity contribution in [2.24, 2.45) is 5.92 Å². The van der Waals surface area contributed by atoms with Gasteiger partial charge in [0.15, 0.2) is 0 Å². The van der Waals surface area contributed by atoms with E-state index in [1.165, 1.54) is 68.1 Å². The number of piperazine rings is 1. The molecule has 5 aliphatic heterocycles. The predicted molar refractivity (Wildman–Crippen MR) is 165 cm³/mol. The lowest BCUT2D eigenvalue weighted by atomic mass is 9.88. The Kier molecular flexibility index (Phi) is 6.93. The molecule has 1 N–H and O–H groups in total. The van der Waals surface area contributed by atoms with E-state index in [0.29, 0.717) is 30.6 Å². The number of benzene rings is 2. The van der Waals surface area contributed by atoms with Gasteiger partial charge >= 0.3 is 6.01 Å². The number of ether oxygens (including phenoxy) is 1. The van der Waals surface area contributed by atoms with Crippen molar-refractivity contribution in [1.82, 2.24) is 20.2 Å². The SMILES string of the molecule is Clc1cccc2cccc(N3CCc4c(nc(OCC5CCC6CCCCN6C5)nc4N4CC5CCC(C4)N5)C3)c12. The molecule has 5 aliphatic rings. The van der Waals surface area contributed by atoms with E-state index in [2.05, 4.69) is 44.3 Å². The highest BCUT2D eigenvalue weighted by molar-refractivity contribution is 6.36. The molecule has 4 atom stereocenters. The summed E-state index contributed by atoms with van der Waals surface area (Å²) in [5, 5.41) is 6.88. The third kappa shape index (κ3) is 5.04. The van der Waals surface area contributed by atoms with Crippen LogP contribution in [0.5, 0.6) is 6.01 Å². The van der Waals surface area contributed by atoms with Crippen LogP contribution < -0.4 is 19.9 Å². The van der Waals surface area contributed by atoms with E-state index in [-0.39, 0.29) is 0 Å². The second-order valence-corrected chi connectivity index (χ2v) is 13.4. The first-order valence-electron chi connectivity index (χ1n) is 15.9. The van der Waals surface area contributed by atoms with E-state index in [1.54, 1.807) is 0 Å². The molecule has 1 aromatic heterocycles. The maximum Gasteiger partial charge on any atom is 0.318 e. The van der Waals surface area contributed by atoms with Gasteiger partial charge in [-0.1, -0.05) is 42.3 Å². The predicted octanol–water partition coefficient (Wildman–Crippen LogP) is 5.43. The van der Waals surface area contributed by atoms with Crippen LogP contribution in [-0.2, 0) is 13.0 Å². The van der Waals surface area contributed by atoms with Crippen molar-refractivity contribution in [2.45, 2.75) is 76.0 Å². The molecule has 0 spiro atoms. The van der Waals surface area contributed by atoms with Gasteiger partial charge in [-0.2, -0.15) is 9.97 Å². The fourth-order valence-electron chi connectivity index (χ4n) is 8.24. The van der Waals surface area contributed by atoms with Crippen LogP contribution in [0.2, 0.25) is 5.02 Å². The molecule has 2 aromatic carbocycles. The van der Waals surface area contributed by atoms with Gasteiger partial charge < -0.3 is 19.9 Å². The summed E-state index contributed by atoms with van der Waals surface area (Å²) in [6.45, 7) is 6.80. The Balaban J connectivity index is 1.08. The molecule has 0 aliphatic carbocycles. The fourth-order valence-corrected chi connectivity index (χ4v) is 8.52. The van der Waals surface area contributed by atoms with Gasteiger partial charge in [-0.3, -0.25) is 4.90 Å².